The van der Waals surface area contributed by atoms with Crippen LogP contribution in [0.15, 0.2) is 36.4 Å². The highest BCUT2D eigenvalue weighted by atomic mass is 19.1. The van der Waals surface area contributed by atoms with Crippen molar-refractivity contribution in [1.82, 2.24) is 0 Å². The number of hydrogen-bond donors (Lipinski definition) is 2. The molecule has 2 N–H and O–H groups in total. The first-order valence-corrected chi connectivity index (χ1v) is 6.70. The molecule has 0 aliphatic carbocycles. The van der Waals surface area contributed by atoms with Gasteiger partial charge in [0.2, 0.25) is 0 Å². The van der Waals surface area contributed by atoms with Crippen LogP contribution >= 0.6 is 0 Å². The van der Waals surface area contributed by atoms with Crippen LogP contribution in [-0.4, -0.2) is 17.6 Å². The largest absolute Gasteiger partial charge is 0.493 e. The van der Waals surface area contributed by atoms with Gasteiger partial charge in [0.15, 0.2) is 5.60 Å². The molecule has 2 heterocycles. The molecule has 0 radical (unpaired) electrons. The summed E-state index contributed by atoms with van der Waals surface area (Å²) >= 11 is 0. The molecule has 0 saturated heterocycles. The SMILES string of the molecule is O=C1Nc2c(ccc3c2CCO3)C1(O)c1ccc(F)cc1. The fourth-order valence-corrected chi connectivity index (χ4v) is 3.02. The summed E-state index contributed by atoms with van der Waals surface area (Å²) in [5.74, 6) is -0.204. The monoisotopic (exact) mass is 285 g/mol. The zero-order valence-corrected chi connectivity index (χ0v) is 11.0. The van der Waals surface area contributed by atoms with Crippen LogP contribution in [0.3, 0.4) is 0 Å². The number of rotatable bonds is 1. The van der Waals surface area contributed by atoms with E-state index in [1.165, 1.54) is 24.3 Å². The summed E-state index contributed by atoms with van der Waals surface area (Å²) in [5.41, 5.74) is 0.559. The lowest BCUT2D eigenvalue weighted by Crippen LogP contribution is -2.35. The summed E-state index contributed by atoms with van der Waals surface area (Å²) in [6, 6.07) is 8.75. The molecule has 4 nitrogen and oxygen atoms in total. The van der Waals surface area contributed by atoms with E-state index in [9.17, 15) is 14.3 Å². The first kappa shape index (κ1) is 12.3. The van der Waals surface area contributed by atoms with Crippen LogP contribution in [0.1, 0.15) is 16.7 Å². The predicted octanol–water partition coefficient (Wildman–Crippen LogP) is 1.95. The number of benzene rings is 2. The van der Waals surface area contributed by atoms with Crippen molar-refractivity contribution in [1.29, 1.82) is 0 Å². The lowest BCUT2D eigenvalue weighted by atomic mass is 9.86. The van der Waals surface area contributed by atoms with E-state index in [0.717, 1.165) is 11.3 Å². The molecule has 4 rings (SSSR count). The standard InChI is InChI=1S/C16H12FNO3/c17-10-3-1-9(2-4-10)16(20)12-5-6-13-11(7-8-21-13)14(12)18-15(16)19/h1-6,20H,7-8H2,(H,18,19). The average molecular weight is 285 g/mol. The van der Waals surface area contributed by atoms with Crippen molar-refractivity contribution in [2.45, 2.75) is 12.0 Å². The Morgan fingerprint density at radius 3 is 2.71 bits per heavy atom. The van der Waals surface area contributed by atoms with Crippen LogP contribution in [-0.2, 0) is 16.8 Å². The third-order valence-corrected chi connectivity index (χ3v) is 4.10. The smallest absolute Gasteiger partial charge is 0.265 e. The first-order chi connectivity index (χ1) is 10.1. The minimum atomic E-state index is -1.79. The van der Waals surface area contributed by atoms with Crippen LogP contribution < -0.4 is 10.1 Å². The number of carbonyl (C=O) groups is 1. The van der Waals surface area contributed by atoms with Gasteiger partial charge in [0, 0.05) is 17.5 Å². The van der Waals surface area contributed by atoms with Crippen molar-refractivity contribution in [2.75, 3.05) is 11.9 Å². The Bertz CT molecular complexity index is 757. The number of anilines is 1. The Labute approximate surface area is 120 Å². The van der Waals surface area contributed by atoms with Gasteiger partial charge in [-0.25, -0.2) is 4.39 Å². The number of ether oxygens (including phenoxy) is 1. The second kappa shape index (κ2) is 4.05. The topological polar surface area (TPSA) is 58.6 Å². The van der Waals surface area contributed by atoms with Gasteiger partial charge in [0.1, 0.15) is 11.6 Å². The molecule has 106 valence electrons. The van der Waals surface area contributed by atoms with Crippen molar-refractivity contribution in [3.63, 3.8) is 0 Å². The van der Waals surface area contributed by atoms with Gasteiger partial charge in [-0.2, -0.15) is 0 Å². The molecule has 0 spiro atoms. The lowest BCUT2D eigenvalue weighted by Gasteiger charge is -2.21. The molecule has 0 aromatic heterocycles. The highest BCUT2D eigenvalue weighted by Gasteiger charge is 2.48. The minimum absolute atomic E-state index is 0.346. The zero-order chi connectivity index (χ0) is 14.6. The van der Waals surface area contributed by atoms with Crippen LogP contribution in [0.4, 0.5) is 10.1 Å². The Morgan fingerprint density at radius 2 is 1.95 bits per heavy atom. The van der Waals surface area contributed by atoms with Gasteiger partial charge in [0.25, 0.3) is 5.91 Å². The highest BCUT2D eigenvalue weighted by molar-refractivity contribution is 6.08. The molecule has 0 saturated carbocycles. The summed E-state index contributed by atoms with van der Waals surface area (Å²) in [5, 5.41) is 13.7. The minimum Gasteiger partial charge on any atom is -0.493 e. The van der Waals surface area contributed by atoms with E-state index < -0.39 is 17.3 Å². The predicted molar refractivity (Wildman–Crippen MR) is 73.7 cm³/mol. The molecule has 2 aromatic rings. The molecule has 2 aliphatic heterocycles. The molecular formula is C16H12FNO3. The Kier molecular flexibility index (Phi) is 2.38. The number of nitrogens with one attached hydrogen (secondary N) is 1. The summed E-state index contributed by atoms with van der Waals surface area (Å²) in [4.78, 5) is 12.3. The summed E-state index contributed by atoms with van der Waals surface area (Å²) in [6.07, 6.45) is 0.693. The van der Waals surface area contributed by atoms with Crippen molar-refractivity contribution in [3.05, 3.63) is 58.9 Å². The Morgan fingerprint density at radius 1 is 1.19 bits per heavy atom. The van der Waals surface area contributed by atoms with E-state index in [-0.39, 0.29) is 0 Å². The van der Waals surface area contributed by atoms with Gasteiger partial charge in [-0.1, -0.05) is 12.1 Å². The second-order valence-electron chi connectivity index (χ2n) is 5.23. The van der Waals surface area contributed by atoms with E-state index in [1.54, 1.807) is 12.1 Å². The molecule has 1 atom stereocenters. The van der Waals surface area contributed by atoms with Crippen LogP contribution in [0.2, 0.25) is 0 Å². The molecule has 5 heteroatoms. The second-order valence-corrected chi connectivity index (χ2v) is 5.23. The van der Waals surface area contributed by atoms with E-state index in [1.807, 2.05) is 0 Å². The number of carbonyl (C=O) groups excluding carboxylic acids is 1. The van der Waals surface area contributed by atoms with Gasteiger partial charge in [-0.05, 0) is 29.8 Å². The van der Waals surface area contributed by atoms with Crippen molar-refractivity contribution in [3.8, 4) is 5.75 Å². The molecule has 0 fully saturated rings. The van der Waals surface area contributed by atoms with Gasteiger partial charge < -0.3 is 15.2 Å². The normalized spacial score (nSPS) is 22.5. The molecular weight excluding hydrogens is 273 g/mol. The summed E-state index contributed by atoms with van der Waals surface area (Å²) < 4.78 is 18.5. The summed E-state index contributed by atoms with van der Waals surface area (Å²) in [7, 11) is 0. The molecule has 21 heavy (non-hydrogen) atoms. The van der Waals surface area contributed by atoms with E-state index in [0.29, 0.717) is 29.8 Å². The Hall–Kier alpha value is -2.40. The van der Waals surface area contributed by atoms with Crippen LogP contribution in [0, 0.1) is 5.82 Å². The number of hydrogen-bond acceptors (Lipinski definition) is 3. The van der Waals surface area contributed by atoms with Crippen molar-refractivity contribution < 1.29 is 19.0 Å². The van der Waals surface area contributed by atoms with Gasteiger partial charge >= 0.3 is 0 Å². The van der Waals surface area contributed by atoms with E-state index >= 15 is 0 Å². The van der Waals surface area contributed by atoms with Crippen molar-refractivity contribution in [2.24, 2.45) is 0 Å². The third-order valence-electron chi connectivity index (χ3n) is 4.10. The van der Waals surface area contributed by atoms with Gasteiger partial charge in [-0.15, -0.1) is 0 Å². The number of fused-ring (bicyclic) bond motifs is 3. The average Bonchev–Trinajstić information content (AvgIpc) is 3.04. The lowest BCUT2D eigenvalue weighted by molar-refractivity contribution is -0.129. The van der Waals surface area contributed by atoms with Crippen LogP contribution in [0.5, 0.6) is 5.75 Å². The maximum Gasteiger partial charge on any atom is 0.265 e. The third kappa shape index (κ3) is 1.55. The zero-order valence-electron chi connectivity index (χ0n) is 11.0. The molecule has 2 aromatic carbocycles. The maximum absolute atomic E-state index is 13.1. The van der Waals surface area contributed by atoms with Crippen molar-refractivity contribution >= 4 is 11.6 Å². The fraction of sp³-hybridized carbons (Fsp3) is 0.188. The molecule has 2 aliphatic rings. The van der Waals surface area contributed by atoms with E-state index in [4.69, 9.17) is 4.74 Å². The number of halogens is 1. The van der Waals surface area contributed by atoms with Crippen LogP contribution in [0.25, 0.3) is 0 Å². The highest BCUT2D eigenvalue weighted by Crippen LogP contribution is 2.46. The van der Waals surface area contributed by atoms with Gasteiger partial charge in [-0.3, -0.25) is 4.79 Å². The Balaban J connectivity index is 1.93. The first-order valence-electron chi connectivity index (χ1n) is 6.70. The molecule has 1 amide bonds. The quantitative estimate of drug-likeness (QED) is 0.842. The number of amides is 1. The molecule has 0 bridgehead atoms. The fourth-order valence-electron chi connectivity index (χ4n) is 3.02. The number of aliphatic hydroxyl groups is 1. The maximum atomic E-state index is 13.1. The van der Waals surface area contributed by atoms with Gasteiger partial charge in [0.05, 0.1) is 12.3 Å². The summed E-state index contributed by atoms with van der Waals surface area (Å²) in [6.45, 7) is 0.566. The molecule has 1 unspecified atom stereocenters. The van der Waals surface area contributed by atoms with E-state index in [2.05, 4.69) is 5.32 Å².